The van der Waals surface area contributed by atoms with Crippen molar-refractivity contribution in [2.75, 3.05) is 6.54 Å². The third kappa shape index (κ3) is 2.26. The second-order valence-electron chi connectivity index (χ2n) is 5.93. The van der Waals surface area contributed by atoms with Crippen LogP contribution >= 0.6 is 0 Å². The molecule has 1 aromatic carbocycles. The van der Waals surface area contributed by atoms with Crippen LogP contribution in [0.15, 0.2) is 30.5 Å². The van der Waals surface area contributed by atoms with Crippen molar-refractivity contribution in [2.45, 2.75) is 25.8 Å². The van der Waals surface area contributed by atoms with E-state index in [1.54, 1.807) is 23.0 Å². The molecule has 0 aliphatic carbocycles. The minimum atomic E-state index is -0.928. The molecule has 0 bridgehead atoms. The summed E-state index contributed by atoms with van der Waals surface area (Å²) in [5.74, 6) is -0.295. The summed E-state index contributed by atoms with van der Waals surface area (Å²) >= 11 is 0. The van der Waals surface area contributed by atoms with Crippen LogP contribution in [0.25, 0.3) is 5.69 Å². The van der Waals surface area contributed by atoms with Crippen LogP contribution < -0.4 is 0 Å². The molecule has 3 rings (SSSR count). The molecule has 1 amide bonds. The first-order chi connectivity index (χ1) is 9.88. The van der Waals surface area contributed by atoms with Gasteiger partial charge in [-0.25, -0.2) is 13.9 Å². The highest BCUT2D eigenvalue weighted by molar-refractivity contribution is 5.66. The zero-order chi connectivity index (χ0) is 15.2. The number of benzene rings is 1. The molecule has 1 aliphatic rings. The van der Waals surface area contributed by atoms with Crippen molar-refractivity contribution in [3.05, 3.63) is 47.5 Å². The molecule has 0 fully saturated rings. The van der Waals surface area contributed by atoms with E-state index in [1.165, 1.54) is 17.0 Å². The molecule has 0 unspecified atom stereocenters. The highest BCUT2D eigenvalue weighted by atomic mass is 19.1. The highest BCUT2D eigenvalue weighted by Crippen LogP contribution is 2.34. The summed E-state index contributed by atoms with van der Waals surface area (Å²) in [7, 11) is 0. The van der Waals surface area contributed by atoms with Crippen LogP contribution in [0.4, 0.5) is 9.18 Å². The summed E-state index contributed by atoms with van der Waals surface area (Å²) in [5.41, 5.74) is 2.27. The lowest BCUT2D eigenvalue weighted by Crippen LogP contribution is -2.45. The van der Waals surface area contributed by atoms with Gasteiger partial charge in [0.05, 0.1) is 24.1 Å². The van der Waals surface area contributed by atoms with Gasteiger partial charge in [0.15, 0.2) is 0 Å². The first kappa shape index (κ1) is 13.6. The predicted octanol–water partition coefficient (Wildman–Crippen LogP) is 2.78. The fourth-order valence-corrected chi connectivity index (χ4v) is 2.95. The number of aromatic nitrogens is 2. The molecule has 1 aromatic heterocycles. The summed E-state index contributed by atoms with van der Waals surface area (Å²) in [5, 5.41) is 13.6. The first-order valence-electron chi connectivity index (χ1n) is 6.70. The van der Waals surface area contributed by atoms with E-state index in [4.69, 9.17) is 0 Å². The molecule has 5 nitrogen and oxygen atoms in total. The Labute approximate surface area is 121 Å². The number of rotatable bonds is 1. The van der Waals surface area contributed by atoms with E-state index in [0.29, 0.717) is 13.1 Å². The number of fused-ring (bicyclic) bond motifs is 1. The van der Waals surface area contributed by atoms with Crippen LogP contribution in [-0.2, 0) is 12.0 Å². The molecule has 0 radical (unpaired) electrons. The molecular weight excluding hydrogens is 273 g/mol. The summed E-state index contributed by atoms with van der Waals surface area (Å²) < 4.78 is 14.8. The van der Waals surface area contributed by atoms with Gasteiger partial charge in [-0.05, 0) is 24.3 Å². The van der Waals surface area contributed by atoms with E-state index >= 15 is 0 Å². The average molecular weight is 289 g/mol. The van der Waals surface area contributed by atoms with Crippen molar-refractivity contribution in [3.63, 3.8) is 0 Å². The molecule has 0 saturated carbocycles. The lowest BCUT2D eigenvalue weighted by molar-refractivity contribution is 0.124. The van der Waals surface area contributed by atoms with Crippen molar-refractivity contribution in [3.8, 4) is 5.69 Å². The maximum absolute atomic E-state index is 13.1. The zero-order valence-electron chi connectivity index (χ0n) is 11.9. The van der Waals surface area contributed by atoms with Crippen molar-refractivity contribution in [1.29, 1.82) is 0 Å². The Balaban J connectivity index is 2.08. The fourth-order valence-electron chi connectivity index (χ4n) is 2.95. The topological polar surface area (TPSA) is 58.4 Å². The number of carboxylic acid groups (broad SMARTS) is 1. The lowest BCUT2D eigenvalue weighted by Gasteiger charge is -2.37. The van der Waals surface area contributed by atoms with Gasteiger partial charge in [0, 0.05) is 17.5 Å². The van der Waals surface area contributed by atoms with Crippen LogP contribution in [0.2, 0.25) is 0 Å². The molecule has 21 heavy (non-hydrogen) atoms. The molecular formula is C15H16FN3O2. The van der Waals surface area contributed by atoms with Gasteiger partial charge in [0.2, 0.25) is 0 Å². The Morgan fingerprint density at radius 2 is 2.00 bits per heavy atom. The molecule has 6 heteroatoms. The van der Waals surface area contributed by atoms with Gasteiger partial charge in [0.25, 0.3) is 0 Å². The van der Waals surface area contributed by atoms with E-state index in [9.17, 15) is 14.3 Å². The summed E-state index contributed by atoms with van der Waals surface area (Å²) in [6.45, 7) is 4.71. The van der Waals surface area contributed by atoms with Crippen molar-refractivity contribution in [2.24, 2.45) is 0 Å². The number of hydrogen-bond acceptors (Lipinski definition) is 2. The van der Waals surface area contributed by atoms with Crippen LogP contribution in [0.5, 0.6) is 0 Å². The monoisotopic (exact) mass is 289 g/mol. The summed E-state index contributed by atoms with van der Waals surface area (Å²) in [6.07, 6.45) is 0.762. The van der Waals surface area contributed by atoms with Gasteiger partial charge in [0.1, 0.15) is 5.82 Å². The van der Waals surface area contributed by atoms with Gasteiger partial charge in [-0.15, -0.1) is 0 Å². The number of nitrogens with zero attached hydrogens (tertiary/aromatic N) is 3. The van der Waals surface area contributed by atoms with Crippen molar-refractivity contribution < 1.29 is 14.3 Å². The van der Waals surface area contributed by atoms with E-state index < -0.39 is 6.09 Å². The normalized spacial score (nSPS) is 16.6. The maximum atomic E-state index is 13.1. The minimum absolute atomic E-state index is 0.295. The van der Waals surface area contributed by atoms with Crippen LogP contribution in [0, 0.1) is 5.82 Å². The van der Waals surface area contributed by atoms with Gasteiger partial charge < -0.3 is 10.0 Å². The SMILES string of the molecule is CC1(C)CN(C(=O)O)Cc2cnn(-c3ccc(F)cc3)c21. The Bertz CT molecular complexity index is 691. The van der Waals surface area contributed by atoms with E-state index in [1.807, 2.05) is 13.8 Å². The Hall–Kier alpha value is -2.37. The van der Waals surface area contributed by atoms with Crippen LogP contribution in [-0.4, -0.2) is 32.4 Å². The largest absolute Gasteiger partial charge is 0.465 e. The van der Waals surface area contributed by atoms with E-state index in [0.717, 1.165) is 16.9 Å². The van der Waals surface area contributed by atoms with Crippen LogP contribution in [0.1, 0.15) is 25.1 Å². The maximum Gasteiger partial charge on any atom is 0.407 e. The molecule has 2 aromatic rings. The number of carbonyl (C=O) groups is 1. The van der Waals surface area contributed by atoms with Crippen molar-refractivity contribution >= 4 is 6.09 Å². The lowest BCUT2D eigenvalue weighted by atomic mass is 9.83. The molecule has 0 saturated heterocycles. The quantitative estimate of drug-likeness (QED) is 0.878. The van der Waals surface area contributed by atoms with Gasteiger partial charge in [-0.2, -0.15) is 5.10 Å². The first-order valence-corrected chi connectivity index (χ1v) is 6.70. The van der Waals surface area contributed by atoms with E-state index in [2.05, 4.69) is 5.10 Å². The fraction of sp³-hybridized carbons (Fsp3) is 0.333. The highest BCUT2D eigenvalue weighted by Gasteiger charge is 2.37. The molecule has 1 aliphatic heterocycles. The standard InChI is InChI=1S/C15H16FN3O2/c1-15(2)9-18(14(20)21)8-10-7-17-19(13(10)15)12-5-3-11(16)4-6-12/h3-7H,8-9H2,1-2H3,(H,20,21). The van der Waals surface area contributed by atoms with Gasteiger partial charge in [-0.3, -0.25) is 0 Å². The van der Waals surface area contributed by atoms with Gasteiger partial charge in [-0.1, -0.05) is 13.8 Å². The smallest absolute Gasteiger partial charge is 0.407 e. The third-order valence-electron chi connectivity index (χ3n) is 3.78. The number of hydrogen-bond donors (Lipinski definition) is 1. The van der Waals surface area contributed by atoms with Gasteiger partial charge >= 0.3 is 6.09 Å². The Morgan fingerprint density at radius 1 is 1.33 bits per heavy atom. The number of amides is 1. The summed E-state index contributed by atoms with van der Waals surface area (Å²) in [6, 6.07) is 6.12. The second kappa shape index (κ2) is 4.58. The second-order valence-corrected chi connectivity index (χ2v) is 5.93. The summed E-state index contributed by atoms with van der Waals surface area (Å²) in [4.78, 5) is 12.6. The molecule has 1 N–H and O–H groups in total. The number of halogens is 1. The molecule has 0 spiro atoms. The van der Waals surface area contributed by atoms with Crippen LogP contribution in [0.3, 0.4) is 0 Å². The zero-order valence-corrected chi connectivity index (χ0v) is 11.9. The molecule has 0 atom stereocenters. The third-order valence-corrected chi connectivity index (χ3v) is 3.78. The average Bonchev–Trinajstić information content (AvgIpc) is 2.83. The molecule has 2 heterocycles. The predicted molar refractivity (Wildman–Crippen MR) is 75.0 cm³/mol. The minimum Gasteiger partial charge on any atom is -0.465 e. The molecule has 110 valence electrons. The van der Waals surface area contributed by atoms with E-state index in [-0.39, 0.29) is 11.2 Å². The Kier molecular flexibility index (Phi) is 2.97. The van der Waals surface area contributed by atoms with Crippen molar-refractivity contribution in [1.82, 2.24) is 14.7 Å². The Morgan fingerprint density at radius 3 is 2.62 bits per heavy atom.